The van der Waals surface area contributed by atoms with Gasteiger partial charge in [-0.25, -0.2) is 0 Å². The molecule has 0 atom stereocenters. The molecule has 0 radical (unpaired) electrons. The van der Waals surface area contributed by atoms with Crippen molar-refractivity contribution in [2.24, 2.45) is 0 Å². The first kappa shape index (κ1) is 13.5. The molecule has 4 rings (SSSR count). The van der Waals surface area contributed by atoms with Crippen molar-refractivity contribution in [1.29, 1.82) is 0 Å². The summed E-state index contributed by atoms with van der Waals surface area (Å²) in [4.78, 5) is 0. The third kappa shape index (κ3) is 2.23. The van der Waals surface area contributed by atoms with E-state index in [1.165, 1.54) is 0 Å². The number of phenols is 2. The number of phenolic OH excluding ortho intramolecular Hbond substituents is 2. The van der Waals surface area contributed by atoms with Crippen LogP contribution in [0, 0.1) is 0 Å². The van der Waals surface area contributed by atoms with Gasteiger partial charge in [-0.3, -0.25) is 0 Å². The zero-order chi connectivity index (χ0) is 15.8. The van der Waals surface area contributed by atoms with Crippen LogP contribution in [0.2, 0.25) is 0 Å². The lowest BCUT2D eigenvalue weighted by molar-refractivity contribution is 0.466. The van der Waals surface area contributed by atoms with Gasteiger partial charge in [0.25, 0.3) is 0 Å². The van der Waals surface area contributed by atoms with Gasteiger partial charge in [-0.1, -0.05) is 48.5 Å². The summed E-state index contributed by atoms with van der Waals surface area (Å²) < 4.78 is 6.07. The number of hydrogen-bond donors (Lipinski definition) is 2. The van der Waals surface area contributed by atoms with Crippen molar-refractivity contribution in [3.63, 3.8) is 0 Å². The van der Waals surface area contributed by atoms with Gasteiger partial charge >= 0.3 is 0 Å². The summed E-state index contributed by atoms with van der Waals surface area (Å²) in [5.41, 5.74) is 0. The molecule has 0 aliphatic heterocycles. The molecule has 0 saturated carbocycles. The second kappa shape index (κ2) is 5.21. The van der Waals surface area contributed by atoms with Crippen molar-refractivity contribution >= 4 is 21.5 Å². The van der Waals surface area contributed by atoms with E-state index in [-0.39, 0.29) is 11.5 Å². The largest absolute Gasteiger partial charge is 0.507 e. The van der Waals surface area contributed by atoms with Crippen LogP contribution < -0.4 is 4.74 Å². The van der Waals surface area contributed by atoms with E-state index in [4.69, 9.17) is 4.74 Å². The Morgan fingerprint density at radius 1 is 0.565 bits per heavy atom. The average molecular weight is 302 g/mol. The van der Waals surface area contributed by atoms with Crippen LogP contribution in [0.5, 0.6) is 23.0 Å². The van der Waals surface area contributed by atoms with Crippen molar-refractivity contribution in [3.05, 3.63) is 72.8 Å². The molecular weight excluding hydrogens is 288 g/mol. The Morgan fingerprint density at radius 3 is 2.13 bits per heavy atom. The zero-order valence-electron chi connectivity index (χ0n) is 12.2. The summed E-state index contributed by atoms with van der Waals surface area (Å²) in [5.74, 6) is 1.61. The first-order valence-electron chi connectivity index (χ1n) is 7.33. The minimum absolute atomic E-state index is 0.182. The Balaban J connectivity index is 1.91. The van der Waals surface area contributed by atoms with Gasteiger partial charge in [-0.05, 0) is 29.7 Å². The Bertz CT molecular complexity index is 1020. The molecule has 2 N–H and O–H groups in total. The molecule has 4 aromatic carbocycles. The Kier molecular flexibility index (Phi) is 3.05. The predicted molar refractivity (Wildman–Crippen MR) is 91.3 cm³/mol. The lowest BCUT2D eigenvalue weighted by Gasteiger charge is -2.12. The second-order valence-corrected chi connectivity index (χ2v) is 5.36. The fourth-order valence-electron chi connectivity index (χ4n) is 2.84. The molecule has 0 spiro atoms. The van der Waals surface area contributed by atoms with E-state index < -0.39 is 0 Å². The second-order valence-electron chi connectivity index (χ2n) is 5.36. The van der Waals surface area contributed by atoms with Gasteiger partial charge in [0.05, 0.1) is 5.39 Å². The molecule has 4 aromatic rings. The number of fused-ring (bicyclic) bond motifs is 2. The first-order valence-corrected chi connectivity index (χ1v) is 7.33. The van der Waals surface area contributed by atoms with Crippen LogP contribution in [0.1, 0.15) is 0 Å². The highest BCUT2D eigenvalue weighted by Gasteiger charge is 2.11. The Labute approximate surface area is 133 Å². The number of aromatic hydroxyl groups is 2. The maximum absolute atomic E-state index is 10.2. The van der Waals surface area contributed by atoms with Gasteiger partial charge in [0.15, 0.2) is 0 Å². The lowest BCUT2D eigenvalue weighted by atomic mass is 10.1. The molecule has 0 amide bonds. The zero-order valence-corrected chi connectivity index (χ0v) is 12.2. The van der Waals surface area contributed by atoms with Gasteiger partial charge in [0.2, 0.25) is 0 Å². The van der Waals surface area contributed by atoms with E-state index in [1.807, 2.05) is 48.5 Å². The molecule has 0 aliphatic rings. The Morgan fingerprint density at radius 2 is 1.30 bits per heavy atom. The quantitative estimate of drug-likeness (QED) is 0.535. The van der Waals surface area contributed by atoms with Gasteiger partial charge < -0.3 is 14.9 Å². The molecule has 0 aliphatic carbocycles. The molecule has 3 nitrogen and oxygen atoms in total. The fraction of sp³-hybridized carbons (Fsp3) is 0. The Hall–Kier alpha value is -3.20. The minimum atomic E-state index is 0.182. The lowest BCUT2D eigenvalue weighted by Crippen LogP contribution is -1.88. The van der Waals surface area contributed by atoms with Crippen LogP contribution in [0.25, 0.3) is 21.5 Å². The van der Waals surface area contributed by atoms with Gasteiger partial charge in [-0.2, -0.15) is 0 Å². The van der Waals surface area contributed by atoms with Crippen LogP contribution in [0.4, 0.5) is 0 Å². The highest BCUT2D eigenvalue weighted by Crippen LogP contribution is 2.39. The number of benzene rings is 4. The van der Waals surface area contributed by atoms with Crippen molar-refractivity contribution in [2.45, 2.75) is 0 Å². The summed E-state index contributed by atoms with van der Waals surface area (Å²) in [6.45, 7) is 0. The fourth-order valence-corrected chi connectivity index (χ4v) is 2.84. The summed E-state index contributed by atoms with van der Waals surface area (Å²) in [7, 11) is 0. The van der Waals surface area contributed by atoms with Crippen LogP contribution in [0.3, 0.4) is 0 Å². The van der Waals surface area contributed by atoms with E-state index in [9.17, 15) is 10.2 Å². The molecule has 112 valence electrons. The van der Waals surface area contributed by atoms with Crippen LogP contribution in [-0.2, 0) is 0 Å². The van der Waals surface area contributed by atoms with Crippen molar-refractivity contribution in [2.75, 3.05) is 0 Å². The maximum Gasteiger partial charge on any atom is 0.139 e. The summed E-state index contributed by atoms with van der Waals surface area (Å²) in [6, 6.07) is 21.9. The summed E-state index contributed by atoms with van der Waals surface area (Å²) in [5, 5.41) is 23.3. The van der Waals surface area contributed by atoms with Crippen LogP contribution in [-0.4, -0.2) is 10.2 Å². The normalized spacial score (nSPS) is 11.0. The topological polar surface area (TPSA) is 49.7 Å². The third-order valence-electron chi connectivity index (χ3n) is 3.93. The van der Waals surface area contributed by atoms with Gasteiger partial charge in [-0.15, -0.1) is 0 Å². The molecule has 0 saturated heterocycles. The van der Waals surface area contributed by atoms with E-state index in [0.29, 0.717) is 16.9 Å². The van der Waals surface area contributed by atoms with E-state index in [2.05, 4.69) is 0 Å². The van der Waals surface area contributed by atoms with E-state index in [1.54, 1.807) is 24.3 Å². The van der Waals surface area contributed by atoms with E-state index in [0.717, 1.165) is 16.2 Å². The molecule has 0 fully saturated rings. The first-order chi connectivity index (χ1) is 11.2. The number of hydrogen-bond acceptors (Lipinski definition) is 3. The SMILES string of the molecule is Oc1ccc(Oc2cccc3cccc(O)c23)c2ccccc12. The third-order valence-corrected chi connectivity index (χ3v) is 3.93. The van der Waals surface area contributed by atoms with Crippen LogP contribution >= 0.6 is 0 Å². The monoisotopic (exact) mass is 302 g/mol. The number of ether oxygens (including phenoxy) is 1. The predicted octanol–water partition coefficient (Wildman–Crippen LogP) is 5.20. The molecule has 0 aromatic heterocycles. The number of rotatable bonds is 2. The molecule has 0 heterocycles. The molecule has 23 heavy (non-hydrogen) atoms. The van der Waals surface area contributed by atoms with E-state index >= 15 is 0 Å². The summed E-state index contributed by atoms with van der Waals surface area (Å²) in [6.07, 6.45) is 0. The highest BCUT2D eigenvalue weighted by molar-refractivity contribution is 5.96. The highest BCUT2D eigenvalue weighted by atomic mass is 16.5. The van der Waals surface area contributed by atoms with Crippen molar-refractivity contribution in [1.82, 2.24) is 0 Å². The van der Waals surface area contributed by atoms with Crippen molar-refractivity contribution in [3.8, 4) is 23.0 Å². The minimum Gasteiger partial charge on any atom is -0.507 e. The smallest absolute Gasteiger partial charge is 0.139 e. The molecule has 0 unspecified atom stereocenters. The van der Waals surface area contributed by atoms with Gasteiger partial charge in [0, 0.05) is 10.8 Å². The average Bonchev–Trinajstić information content (AvgIpc) is 2.58. The maximum atomic E-state index is 10.2. The molecule has 0 bridgehead atoms. The summed E-state index contributed by atoms with van der Waals surface area (Å²) >= 11 is 0. The van der Waals surface area contributed by atoms with Crippen LogP contribution in [0.15, 0.2) is 72.8 Å². The molecule has 3 heteroatoms. The standard InChI is InChI=1S/C20H14O3/c21-16-11-12-18(15-8-2-1-7-14(15)16)23-19-10-4-6-13-5-3-9-17(22)20(13)19/h1-12,21-22H. The van der Waals surface area contributed by atoms with Crippen molar-refractivity contribution < 1.29 is 14.9 Å². The molecular formula is C20H14O3. The van der Waals surface area contributed by atoms with Gasteiger partial charge in [0.1, 0.15) is 23.0 Å².